The molecule has 18 heavy (non-hydrogen) atoms. The largest absolute Gasteiger partial charge is 0.327 e. The van der Waals surface area contributed by atoms with Gasteiger partial charge in [0.1, 0.15) is 0 Å². The predicted molar refractivity (Wildman–Crippen MR) is 68.7 cm³/mol. The number of rotatable bonds is 3. The molecular formula is C10H13ClN4O2S. The summed E-state index contributed by atoms with van der Waals surface area (Å²) in [5.41, 5.74) is 6.85. The lowest BCUT2D eigenvalue weighted by Gasteiger charge is -2.23. The van der Waals surface area contributed by atoms with E-state index in [-0.39, 0.29) is 19.0 Å². The first kappa shape index (κ1) is 13.3. The van der Waals surface area contributed by atoms with Crippen LogP contribution in [0.25, 0.3) is 0 Å². The van der Waals surface area contributed by atoms with Crippen molar-refractivity contribution in [2.45, 2.75) is 24.3 Å². The molecule has 3 amide bonds. The second-order valence-corrected chi connectivity index (χ2v) is 5.24. The molecule has 1 aromatic rings. The summed E-state index contributed by atoms with van der Waals surface area (Å²) in [4.78, 5) is 28.5. The van der Waals surface area contributed by atoms with Crippen molar-refractivity contribution >= 4 is 35.7 Å². The minimum absolute atomic E-state index is 0. The summed E-state index contributed by atoms with van der Waals surface area (Å²) in [6.45, 7) is 0.0219. The molecule has 0 radical (unpaired) electrons. The van der Waals surface area contributed by atoms with Gasteiger partial charge in [-0.1, -0.05) is 0 Å². The summed E-state index contributed by atoms with van der Waals surface area (Å²) in [5.74, 6) is 0.0732. The molecule has 2 aliphatic rings. The molecule has 1 aliphatic carbocycles. The quantitative estimate of drug-likeness (QED) is 0.703. The maximum atomic E-state index is 11.9. The number of nitrogens with zero attached hydrogens (tertiary/aromatic N) is 1. The minimum atomic E-state index is -1.17. The van der Waals surface area contributed by atoms with E-state index >= 15 is 0 Å². The SMILES string of the molecule is Cl.NCC1(c2ncsc2C2CC2)NC(=O)NC1=O. The number of hydrogen-bond donors (Lipinski definition) is 3. The Labute approximate surface area is 114 Å². The van der Waals surface area contributed by atoms with Crippen LogP contribution >= 0.6 is 23.7 Å². The van der Waals surface area contributed by atoms with Gasteiger partial charge in [0.25, 0.3) is 5.91 Å². The molecule has 6 nitrogen and oxygen atoms in total. The Morgan fingerprint density at radius 1 is 1.50 bits per heavy atom. The molecule has 0 bridgehead atoms. The Hall–Kier alpha value is -1.18. The summed E-state index contributed by atoms with van der Waals surface area (Å²) in [5, 5.41) is 4.84. The molecule has 1 saturated carbocycles. The molecule has 3 rings (SSSR count). The van der Waals surface area contributed by atoms with Crippen molar-refractivity contribution in [1.29, 1.82) is 0 Å². The molecular weight excluding hydrogens is 276 g/mol. The molecule has 1 atom stereocenters. The Morgan fingerprint density at radius 3 is 2.72 bits per heavy atom. The normalized spacial score (nSPS) is 26.5. The summed E-state index contributed by atoms with van der Waals surface area (Å²) in [7, 11) is 0. The van der Waals surface area contributed by atoms with E-state index in [2.05, 4.69) is 15.6 Å². The van der Waals surface area contributed by atoms with Gasteiger partial charge in [0, 0.05) is 11.4 Å². The third-order valence-corrected chi connectivity index (χ3v) is 4.19. The van der Waals surface area contributed by atoms with Gasteiger partial charge in [0.15, 0.2) is 5.54 Å². The average Bonchev–Trinajstić information content (AvgIpc) is 2.95. The van der Waals surface area contributed by atoms with Gasteiger partial charge in [-0.2, -0.15) is 0 Å². The number of carbonyl (C=O) groups excluding carboxylic acids is 2. The van der Waals surface area contributed by atoms with Crippen LogP contribution in [0.2, 0.25) is 0 Å². The lowest BCUT2D eigenvalue weighted by molar-refractivity contribution is -0.124. The fourth-order valence-corrected chi connectivity index (χ4v) is 3.15. The van der Waals surface area contributed by atoms with Crippen molar-refractivity contribution < 1.29 is 9.59 Å². The second-order valence-electron chi connectivity index (χ2n) is 4.36. The number of hydrogen-bond acceptors (Lipinski definition) is 5. The minimum Gasteiger partial charge on any atom is -0.327 e. The van der Waals surface area contributed by atoms with Gasteiger partial charge in [-0.15, -0.1) is 23.7 Å². The van der Waals surface area contributed by atoms with E-state index in [0.29, 0.717) is 11.6 Å². The molecule has 1 aromatic heterocycles. The van der Waals surface area contributed by atoms with E-state index in [9.17, 15) is 9.59 Å². The zero-order valence-electron chi connectivity index (χ0n) is 9.43. The van der Waals surface area contributed by atoms with E-state index < -0.39 is 17.5 Å². The number of nitrogens with one attached hydrogen (secondary N) is 2. The first-order valence-corrected chi connectivity index (χ1v) is 6.33. The Kier molecular flexibility index (Phi) is 3.31. The lowest BCUT2D eigenvalue weighted by atomic mass is 9.93. The highest BCUT2D eigenvalue weighted by molar-refractivity contribution is 7.09. The van der Waals surface area contributed by atoms with Crippen molar-refractivity contribution in [2.75, 3.05) is 6.54 Å². The number of halogens is 1. The standard InChI is InChI=1S/C10H12N4O2S.ClH/c11-3-10(8(15)13-9(16)14-10)7-6(5-1-2-5)17-4-12-7;/h4-5H,1-3,11H2,(H2,13,14,15,16);1H. The Balaban J connectivity index is 0.00000120. The van der Waals surface area contributed by atoms with Crippen molar-refractivity contribution in [2.24, 2.45) is 5.73 Å². The van der Waals surface area contributed by atoms with Crippen LogP contribution in [-0.4, -0.2) is 23.5 Å². The fraction of sp³-hybridized carbons (Fsp3) is 0.500. The highest BCUT2D eigenvalue weighted by Crippen LogP contribution is 2.46. The van der Waals surface area contributed by atoms with Crippen LogP contribution in [0.4, 0.5) is 4.79 Å². The average molecular weight is 289 g/mol. The lowest BCUT2D eigenvalue weighted by Crippen LogP contribution is -2.50. The monoisotopic (exact) mass is 288 g/mol. The highest BCUT2D eigenvalue weighted by Gasteiger charge is 2.50. The van der Waals surface area contributed by atoms with Crippen LogP contribution in [0.3, 0.4) is 0 Å². The highest BCUT2D eigenvalue weighted by atomic mass is 35.5. The Morgan fingerprint density at radius 2 is 2.22 bits per heavy atom. The van der Waals surface area contributed by atoms with E-state index in [1.165, 1.54) is 11.3 Å². The second kappa shape index (κ2) is 4.49. The van der Waals surface area contributed by atoms with Crippen LogP contribution in [0, 0.1) is 0 Å². The topological polar surface area (TPSA) is 97.1 Å². The first-order valence-electron chi connectivity index (χ1n) is 5.45. The maximum absolute atomic E-state index is 11.9. The number of nitrogens with two attached hydrogens (primary N) is 1. The summed E-state index contributed by atoms with van der Waals surface area (Å²) in [6, 6.07) is -0.504. The predicted octanol–water partition coefficient (Wildman–Crippen LogP) is 0.436. The van der Waals surface area contributed by atoms with E-state index in [1.807, 2.05) is 0 Å². The molecule has 0 spiro atoms. The summed E-state index contributed by atoms with van der Waals surface area (Å²) >= 11 is 1.53. The third kappa shape index (κ3) is 1.79. The smallest absolute Gasteiger partial charge is 0.322 e. The van der Waals surface area contributed by atoms with E-state index in [4.69, 9.17) is 5.73 Å². The molecule has 1 saturated heterocycles. The van der Waals surface area contributed by atoms with Gasteiger partial charge in [-0.3, -0.25) is 10.1 Å². The molecule has 98 valence electrons. The zero-order valence-corrected chi connectivity index (χ0v) is 11.1. The number of carbonyl (C=O) groups is 2. The van der Waals surface area contributed by atoms with Gasteiger partial charge in [0.2, 0.25) is 0 Å². The summed E-state index contributed by atoms with van der Waals surface area (Å²) in [6.07, 6.45) is 2.23. The van der Waals surface area contributed by atoms with Gasteiger partial charge in [-0.25, -0.2) is 9.78 Å². The molecule has 2 heterocycles. The van der Waals surface area contributed by atoms with Crippen LogP contribution in [-0.2, 0) is 10.3 Å². The molecule has 4 N–H and O–H groups in total. The van der Waals surface area contributed by atoms with E-state index in [0.717, 1.165) is 17.7 Å². The number of aromatic nitrogens is 1. The van der Waals surface area contributed by atoms with Crippen LogP contribution < -0.4 is 16.4 Å². The molecule has 1 aliphatic heterocycles. The van der Waals surface area contributed by atoms with Crippen LogP contribution in [0.1, 0.15) is 29.3 Å². The number of thiazole rings is 1. The Bertz CT molecular complexity index is 502. The van der Waals surface area contributed by atoms with Crippen LogP contribution in [0.5, 0.6) is 0 Å². The van der Waals surface area contributed by atoms with E-state index in [1.54, 1.807) is 5.51 Å². The first-order chi connectivity index (χ1) is 8.17. The number of urea groups is 1. The van der Waals surface area contributed by atoms with Gasteiger partial charge in [-0.05, 0) is 18.8 Å². The third-order valence-electron chi connectivity index (χ3n) is 3.20. The maximum Gasteiger partial charge on any atom is 0.322 e. The molecule has 8 heteroatoms. The zero-order chi connectivity index (χ0) is 12.0. The van der Waals surface area contributed by atoms with Crippen molar-refractivity contribution in [3.63, 3.8) is 0 Å². The van der Waals surface area contributed by atoms with Crippen molar-refractivity contribution in [3.05, 3.63) is 16.1 Å². The van der Waals surface area contributed by atoms with Gasteiger partial charge in [0.05, 0.1) is 11.2 Å². The molecule has 0 aromatic carbocycles. The van der Waals surface area contributed by atoms with Gasteiger partial charge >= 0.3 is 6.03 Å². The summed E-state index contributed by atoms with van der Waals surface area (Å²) < 4.78 is 0. The molecule has 1 unspecified atom stereocenters. The fourth-order valence-electron chi connectivity index (χ4n) is 2.11. The molecule has 2 fully saturated rings. The van der Waals surface area contributed by atoms with Gasteiger partial charge < -0.3 is 11.1 Å². The van der Waals surface area contributed by atoms with Crippen LogP contribution in [0.15, 0.2) is 5.51 Å². The number of amides is 3. The number of imide groups is 1. The van der Waals surface area contributed by atoms with Crippen molar-refractivity contribution in [3.8, 4) is 0 Å². The van der Waals surface area contributed by atoms with Crippen molar-refractivity contribution in [1.82, 2.24) is 15.6 Å².